The molecule has 2 rings (SSSR count). The fraction of sp³-hybridized carbons (Fsp3) is 0.417. The van der Waals surface area contributed by atoms with Gasteiger partial charge in [0.2, 0.25) is 0 Å². The molecular weight excluding hydrogens is 242 g/mol. The number of fused-ring (bicyclic) bond motifs is 1. The Balaban J connectivity index is 2.06. The van der Waals surface area contributed by atoms with Gasteiger partial charge < -0.3 is 5.32 Å². The van der Waals surface area contributed by atoms with Gasteiger partial charge in [0.15, 0.2) is 0 Å². The summed E-state index contributed by atoms with van der Waals surface area (Å²) >= 11 is 7.21. The van der Waals surface area contributed by atoms with Gasteiger partial charge >= 0.3 is 0 Å². The Morgan fingerprint density at radius 3 is 2.94 bits per heavy atom. The van der Waals surface area contributed by atoms with Gasteiger partial charge in [-0.25, -0.2) is 0 Å². The molecule has 4 heteroatoms. The summed E-state index contributed by atoms with van der Waals surface area (Å²) in [6.07, 6.45) is 4.72. The SMILES string of the molecule is C=C(Cl)CNC(=O)c1cc2c(s1)CCCC2. The molecule has 1 amide bonds. The summed E-state index contributed by atoms with van der Waals surface area (Å²) in [5.74, 6) is -0.0406. The third-order valence-corrected chi connectivity index (χ3v) is 4.03. The predicted molar refractivity (Wildman–Crippen MR) is 68.3 cm³/mol. The molecule has 1 aromatic rings. The normalized spacial score (nSPS) is 14.3. The van der Waals surface area contributed by atoms with Crippen molar-refractivity contribution in [2.75, 3.05) is 6.54 Å². The lowest BCUT2D eigenvalue weighted by Crippen LogP contribution is -2.23. The minimum absolute atomic E-state index is 0.0406. The van der Waals surface area contributed by atoms with Crippen molar-refractivity contribution in [3.63, 3.8) is 0 Å². The second-order valence-electron chi connectivity index (χ2n) is 3.97. The van der Waals surface area contributed by atoms with Crippen LogP contribution in [0.15, 0.2) is 17.7 Å². The largest absolute Gasteiger partial charge is 0.346 e. The molecule has 0 aliphatic heterocycles. The van der Waals surface area contributed by atoms with Crippen LogP contribution in [0.5, 0.6) is 0 Å². The lowest BCUT2D eigenvalue weighted by atomic mass is 9.99. The van der Waals surface area contributed by atoms with Gasteiger partial charge in [0.25, 0.3) is 5.91 Å². The van der Waals surface area contributed by atoms with Crippen molar-refractivity contribution in [2.24, 2.45) is 0 Å². The van der Waals surface area contributed by atoms with Crippen molar-refractivity contribution in [1.82, 2.24) is 5.32 Å². The summed E-state index contributed by atoms with van der Waals surface area (Å²) < 4.78 is 0. The van der Waals surface area contributed by atoms with Crippen LogP contribution in [-0.4, -0.2) is 12.5 Å². The average molecular weight is 256 g/mol. The second kappa shape index (κ2) is 5.02. The molecule has 0 atom stereocenters. The van der Waals surface area contributed by atoms with E-state index in [1.807, 2.05) is 6.07 Å². The smallest absolute Gasteiger partial charge is 0.261 e. The van der Waals surface area contributed by atoms with Gasteiger partial charge in [-0.15, -0.1) is 11.3 Å². The van der Waals surface area contributed by atoms with E-state index in [0.717, 1.165) is 17.7 Å². The Kier molecular flexibility index (Phi) is 3.66. The van der Waals surface area contributed by atoms with Crippen molar-refractivity contribution < 1.29 is 4.79 Å². The van der Waals surface area contributed by atoms with E-state index >= 15 is 0 Å². The van der Waals surface area contributed by atoms with Gasteiger partial charge in [-0.05, 0) is 37.3 Å². The summed E-state index contributed by atoms with van der Waals surface area (Å²) in [6.45, 7) is 3.88. The summed E-state index contributed by atoms with van der Waals surface area (Å²) in [5.41, 5.74) is 1.35. The molecule has 1 heterocycles. The quantitative estimate of drug-likeness (QED) is 0.884. The van der Waals surface area contributed by atoms with Crippen molar-refractivity contribution >= 4 is 28.8 Å². The molecule has 0 fully saturated rings. The maximum atomic E-state index is 11.8. The first-order valence-corrected chi connectivity index (χ1v) is 6.59. The maximum Gasteiger partial charge on any atom is 0.261 e. The Labute approximate surface area is 104 Å². The van der Waals surface area contributed by atoms with Crippen LogP contribution in [-0.2, 0) is 12.8 Å². The van der Waals surface area contributed by atoms with Gasteiger partial charge in [-0.3, -0.25) is 4.79 Å². The first-order chi connectivity index (χ1) is 7.66. The van der Waals surface area contributed by atoms with Gasteiger partial charge in [0.05, 0.1) is 11.4 Å². The molecule has 0 bridgehead atoms. The van der Waals surface area contributed by atoms with Gasteiger partial charge in [0.1, 0.15) is 0 Å². The van der Waals surface area contributed by atoms with Crippen LogP contribution in [0.4, 0.5) is 0 Å². The number of rotatable bonds is 3. The van der Waals surface area contributed by atoms with E-state index in [1.165, 1.54) is 23.3 Å². The Morgan fingerprint density at radius 2 is 2.25 bits per heavy atom. The molecule has 86 valence electrons. The van der Waals surface area contributed by atoms with E-state index in [2.05, 4.69) is 11.9 Å². The highest BCUT2D eigenvalue weighted by Gasteiger charge is 2.16. The number of carbonyl (C=O) groups excluding carboxylic acids is 1. The average Bonchev–Trinajstić information content (AvgIpc) is 2.69. The molecule has 0 saturated heterocycles. The number of amides is 1. The standard InChI is InChI=1S/C12H14ClNOS/c1-8(13)7-14-12(15)11-6-9-4-2-3-5-10(9)16-11/h6H,1-5,7H2,(H,14,15). The topological polar surface area (TPSA) is 29.1 Å². The summed E-state index contributed by atoms with van der Waals surface area (Å²) in [4.78, 5) is 13.9. The van der Waals surface area contributed by atoms with Crippen molar-refractivity contribution in [1.29, 1.82) is 0 Å². The van der Waals surface area contributed by atoms with Crippen LogP contribution >= 0.6 is 22.9 Å². The van der Waals surface area contributed by atoms with E-state index < -0.39 is 0 Å². The molecule has 1 aliphatic rings. The number of nitrogens with one attached hydrogen (secondary N) is 1. The third kappa shape index (κ3) is 2.66. The lowest BCUT2D eigenvalue weighted by Gasteiger charge is -2.08. The van der Waals surface area contributed by atoms with Crippen molar-refractivity contribution in [3.8, 4) is 0 Å². The number of hydrogen-bond donors (Lipinski definition) is 1. The highest BCUT2D eigenvalue weighted by molar-refractivity contribution is 7.14. The minimum atomic E-state index is -0.0406. The number of hydrogen-bond acceptors (Lipinski definition) is 2. The monoisotopic (exact) mass is 255 g/mol. The number of carbonyl (C=O) groups is 1. The third-order valence-electron chi connectivity index (χ3n) is 2.66. The molecule has 1 aliphatic carbocycles. The highest BCUT2D eigenvalue weighted by atomic mass is 35.5. The number of thiophene rings is 1. The number of halogens is 1. The zero-order valence-corrected chi connectivity index (χ0v) is 10.6. The molecule has 2 nitrogen and oxygen atoms in total. The van der Waals surface area contributed by atoms with E-state index in [4.69, 9.17) is 11.6 Å². The fourth-order valence-electron chi connectivity index (χ4n) is 1.87. The van der Waals surface area contributed by atoms with E-state index in [1.54, 1.807) is 11.3 Å². The zero-order valence-electron chi connectivity index (χ0n) is 9.01. The van der Waals surface area contributed by atoms with E-state index in [-0.39, 0.29) is 5.91 Å². The van der Waals surface area contributed by atoms with Crippen molar-refractivity contribution in [2.45, 2.75) is 25.7 Å². The molecule has 0 unspecified atom stereocenters. The highest BCUT2D eigenvalue weighted by Crippen LogP contribution is 2.29. The summed E-state index contributed by atoms with van der Waals surface area (Å²) in [5, 5.41) is 3.20. The van der Waals surface area contributed by atoms with Crippen LogP contribution in [0.1, 0.15) is 33.0 Å². The van der Waals surface area contributed by atoms with Gasteiger partial charge in [0, 0.05) is 9.91 Å². The van der Waals surface area contributed by atoms with Crippen LogP contribution in [0, 0.1) is 0 Å². The molecule has 1 N–H and O–H groups in total. The molecule has 16 heavy (non-hydrogen) atoms. The Morgan fingerprint density at radius 1 is 1.50 bits per heavy atom. The molecule has 1 aromatic heterocycles. The van der Waals surface area contributed by atoms with Crippen LogP contribution in [0.2, 0.25) is 0 Å². The van der Waals surface area contributed by atoms with Crippen LogP contribution < -0.4 is 5.32 Å². The maximum absolute atomic E-state index is 11.8. The Bertz CT molecular complexity index is 401. The first kappa shape index (κ1) is 11.7. The summed E-state index contributed by atoms with van der Waals surface area (Å²) in [7, 11) is 0. The van der Waals surface area contributed by atoms with Crippen molar-refractivity contribution in [3.05, 3.63) is 33.0 Å². The molecular formula is C12H14ClNOS. The molecule has 0 radical (unpaired) electrons. The lowest BCUT2D eigenvalue weighted by molar-refractivity contribution is 0.0961. The van der Waals surface area contributed by atoms with Gasteiger partial charge in [-0.2, -0.15) is 0 Å². The van der Waals surface area contributed by atoms with Crippen LogP contribution in [0.25, 0.3) is 0 Å². The first-order valence-electron chi connectivity index (χ1n) is 5.40. The molecule has 0 spiro atoms. The fourth-order valence-corrected chi connectivity index (χ4v) is 3.10. The van der Waals surface area contributed by atoms with Crippen LogP contribution in [0.3, 0.4) is 0 Å². The molecule has 0 saturated carbocycles. The number of aryl methyl sites for hydroxylation is 2. The zero-order chi connectivity index (χ0) is 11.5. The van der Waals surface area contributed by atoms with E-state index in [0.29, 0.717) is 11.6 Å². The van der Waals surface area contributed by atoms with E-state index in [9.17, 15) is 4.79 Å². The Hall–Kier alpha value is -0.800. The minimum Gasteiger partial charge on any atom is -0.346 e. The molecule has 0 aromatic carbocycles. The predicted octanol–water partition coefficient (Wildman–Crippen LogP) is 3.11. The van der Waals surface area contributed by atoms with Gasteiger partial charge in [-0.1, -0.05) is 18.2 Å². The second-order valence-corrected chi connectivity index (χ2v) is 5.64. The summed E-state index contributed by atoms with van der Waals surface area (Å²) in [6, 6.07) is 2.02.